The molecule has 1 saturated heterocycles. The first-order chi connectivity index (χ1) is 8.01. The molecule has 0 aliphatic carbocycles. The van der Waals surface area contributed by atoms with Gasteiger partial charge in [0.25, 0.3) is 0 Å². The summed E-state index contributed by atoms with van der Waals surface area (Å²) in [6.07, 6.45) is 4.95. The molecule has 0 aromatic carbocycles. The molecule has 1 aliphatic rings. The van der Waals surface area contributed by atoms with E-state index < -0.39 is 9.84 Å². The summed E-state index contributed by atoms with van der Waals surface area (Å²) in [5, 5.41) is 3.45. The van der Waals surface area contributed by atoms with Crippen LogP contribution in [0.15, 0.2) is 0 Å². The molecule has 0 radical (unpaired) electrons. The Morgan fingerprint density at radius 2 is 2.18 bits per heavy atom. The maximum atomic E-state index is 11.1. The predicted octanol–water partition coefficient (Wildman–Crippen LogP) is 0.743. The van der Waals surface area contributed by atoms with E-state index in [9.17, 15) is 8.42 Å². The molecule has 4 nitrogen and oxygen atoms in total. The SMILES string of the molecule is CCCNCC1CCCN(CCS(C)(=O)=O)C1. The predicted molar refractivity (Wildman–Crippen MR) is 72.0 cm³/mol. The van der Waals surface area contributed by atoms with Crippen molar-refractivity contribution in [3.05, 3.63) is 0 Å². The van der Waals surface area contributed by atoms with Gasteiger partial charge in [-0.05, 0) is 44.8 Å². The number of piperidine rings is 1. The Bertz CT molecular complexity index is 304. The molecule has 0 spiro atoms. The quantitative estimate of drug-likeness (QED) is 0.688. The molecule has 0 bridgehead atoms. The van der Waals surface area contributed by atoms with Crippen LogP contribution in [0.5, 0.6) is 0 Å². The molecule has 1 N–H and O–H groups in total. The van der Waals surface area contributed by atoms with Crippen molar-refractivity contribution in [2.24, 2.45) is 5.92 Å². The van der Waals surface area contributed by atoms with Gasteiger partial charge >= 0.3 is 0 Å². The number of hydrogen-bond donors (Lipinski definition) is 1. The Kier molecular flexibility index (Phi) is 6.44. The molecule has 0 amide bonds. The number of rotatable bonds is 7. The standard InChI is InChI=1S/C12H26N2O2S/c1-3-6-13-10-12-5-4-7-14(11-12)8-9-17(2,15)16/h12-13H,3-11H2,1-2H3. The van der Waals surface area contributed by atoms with Crippen molar-refractivity contribution < 1.29 is 8.42 Å². The largest absolute Gasteiger partial charge is 0.316 e. The summed E-state index contributed by atoms with van der Waals surface area (Å²) in [6, 6.07) is 0. The summed E-state index contributed by atoms with van der Waals surface area (Å²) in [7, 11) is -2.82. The zero-order valence-corrected chi connectivity index (χ0v) is 11.9. The van der Waals surface area contributed by atoms with Gasteiger partial charge in [0.1, 0.15) is 9.84 Å². The lowest BCUT2D eigenvalue weighted by Crippen LogP contribution is -2.41. The highest BCUT2D eigenvalue weighted by Gasteiger charge is 2.20. The third-order valence-electron chi connectivity index (χ3n) is 3.24. The van der Waals surface area contributed by atoms with Crippen LogP contribution in [0.4, 0.5) is 0 Å². The van der Waals surface area contributed by atoms with E-state index in [2.05, 4.69) is 17.1 Å². The van der Waals surface area contributed by atoms with Gasteiger partial charge in [-0.2, -0.15) is 0 Å². The average Bonchev–Trinajstić information content (AvgIpc) is 2.27. The molecule has 1 rings (SSSR count). The van der Waals surface area contributed by atoms with Gasteiger partial charge in [0, 0.05) is 19.3 Å². The molecule has 102 valence electrons. The number of nitrogens with one attached hydrogen (secondary N) is 1. The second-order valence-electron chi connectivity index (χ2n) is 5.14. The second kappa shape index (κ2) is 7.34. The van der Waals surface area contributed by atoms with E-state index in [1.54, 1.807) is 0 Å². The Balaban J connectivity index is 2.24. The van der Waals surface area contributed by atoms with Gasteiger partial charge in [-0.1, -0.05) is 6.92 Å². The summed E-state index contributed by atoms with van der Waals surface area (Å²) in [5.41, 5.74) is 0. The highest BCUT2D eigenvalue weighted by Crippen LogP contribution is 2.15. The van der Waals surface area contributed by atoms with Crippen LogP contribution in [-0.2, 0) is 9.84 Å². The van der Waals surface area contributed by atoms with Crippen LogP contribution in [0.25, 0.3) is 0 Å². The molecule has 1 heterocycles. The minimum absolute atomic E-state index is 0.294. The average molecular weight is 262 g/mol. The van der Waals surface area contributed by atoms with E-state index in [0.29, 0.717) is 18.2 Å². The summed E-state index contributed by atoms with van der Waals surface area (Å²) < 4.78 is 22.3. The van der Waals surface area contributed by atoms with E-state index >= 15 is 0 Å². The van der Waals surface area contributed by atoms with Crippen LogP contribution in [0.1, 0.15) is 26.2 Å². The monoisotopic (exact) mass is 262 g/mol. The van der Waals surface area contributed by atoms with Crippen LogP contribution in [0, 0.1) is 5.92 Å². The van der Waals surface area contributed by atoms with Crippen molar-refractivity contribution in [1.29, 1.82) is 0 Å². The third-order valence-corrected chi connectivity index (χ3v) is 4.17. The van der Waals surface area contributed by atoms with Crippen molar-refractivity contribution >= 4 is 9.84 Å². The molecule has 1 unspecified atom stereocenters. The Hall–Kier alpha value is -0.130. The number of hydrogen-bond acceptors (Lipinski definition) is 4. The van der Waals surface area contributed by atoms with Gasteiger partial charge in [-0.25, -0.2) is 8.42 Å². The summed E-state index contributed by atoms with van der Waals surface area (Å²) >= 11 is 0. The van der Waals surface area contributed by atoms with E-state index in [-0.39, 0.29) is 0 Å². The molecule has 0 aromatic heterocycles. The molecule has 5 heteroatoms. The summed E-state index contributed by atoms with van der Waals surface area (Å²) in [6.45, 7) is 7.13. The number of likely N-dealkylation sites (tertiary alicyclic amines) is 1. The summed E-state index contributed by atoms with van der Waals surface area (Å²) in [4.78, 5) is 2.29. The molecule has 0 aromatic rings. The van der Waals surface area contributed by atoms with Gasteiger partial charge in [-0.3, -0.25) is 0 Å². The molecule has 1 aliphatic heterocycles. The highest BCUT2D eigenvalue weighted by atomic mass is 32.2. The van der Waals surface area contributed by atoms with Crippen LogP contribution in [-0.4, -0.2) is 58.1 Å². The first-order valence-electron chi connectivity index (χ1n) is 6.62. The lowest BCUT2D eigenvalue weighted by Gasteiger charge is -2.32. The zero-order chi connectivity index (χ0) is 12.7. The minimum atomic E-state index is -2.82. The smallest absolute Gasteiger partial charge is 0.148 e. The van der Waals surface area contributed by atoms with Gasteiger partial charge < -0.3 is 10.2 Å². The highest BCUT2D eigenvalue weighted by molar-refractivity contribution is 7.90. The Labute approximate surface area is 106 Å². The molecule has 1 fully saturated rings. The first kappa shape index (κ1) is 14.9. The van der Waals surface area contributed by atoms with Crippen molar-refractivity contribution in [2.45, 2.75) is 26.2 Å². The minimum Gasteiger partial charge on any atom is -0.316 e. The maximum Gasteiger partial charge on any atom is 0.148 e. The normalized spacial score (nSPS) is 22.8. The van der Waals surface area contributed by atoms with Gasteiger partial charge in [0.15, 0.2) is 0 Å². The fourth-order valence-electron chi connectivity index (χ4n) is 2.30. The zero-order valence-electron chi connectivity index (χ0n) is 11.1. The molecule has 1 atom stereocenters. The topological polar surface area (TPSA) is 49.4 Å². The maximum absolute atomic E-state index is 11.1. The van der Waals surface area contributed by atoms with Crippen LogP contribution < -0.4 is 5.32 Å². The van der Waals surface area contributed by atoms with E-state index in [1.165, 1.54) is 25.5 Å². The molecule has 0 saturated carbocycles. The van der Waals surface area contributed by atoms with Gasteiger partial charge in [0.05, 0.1) is 5.75 Å². The number of nitrogens with zero attached hydrogens (tertiary/aromatic N) is 1. The van der Waals surface area contributed by atoms with E-state index in [4.69, 9.17) is 0 Å². The van der Waals surface area contributed by atoms with Gasteiger partial charge in [0.2, 0.25) is 0 Å². The molecule has 17 heavy (non-hydrogen) atoms. The van der Waals surface area contributed by atoms with Crippen molar-refractivity contribution in [3.63, 3.8) is 0 Å². The lowest BCUT2D eigenvalue weighted by molar-refractivity contribution is 0.181. The van der Waals surface area contributed by atoms with Crippen LogP contribution in [0.2, 0.25) is 0 Å². The molecular formula is C12H26N2O2S. The third kappa shape index (κ3) is 7.01. The van der Waals surface area contributed by atoms with Gasteiger partial charge in [-0.15, -0.1) is 0 Å². The van der Waals surface area contributed by atoms with E-state index in [1.807, 2.05) is 0 Å². The van der Waals surface area contributed by atoms with Crippen LogP contribution >= 0.6 is 0 Å². The van der Waals surface area contributed by atoms with Crippen molar-refractivity contribution in [2.75, 3.05) is 44.7 Å². The number of sulfone groups is 1. The fourth-order valence-corrected chi connectivity index (χ4v) is 2.89. The van der Waals surface area contributed by atoms with Crippen LogP contribution in [0.3, 0.4) is 0 Å². The fraction of sp³-hybridized carbons (Fsp3) is 1.00. The van der Waals surface area contributed by atoms with E-state index in [0.717, 1.165) is 26.2 Å². The first-order valence-corrected chi connectivity index (χ1v) is 8.68. The Morgan fingerprint density at radius 1 is 1.41 bits per heavy atom. The van der Waals surface area contributed by atoms with Crippen molar-refractivity contribution in [1.82, 2.24) is 10.2 Å². The molecular weight excluding hydrogens is 236 g/mol. The van der Waals surface area contributed by atoms with Crippen molar-refractivity contribution in [3.8, 4) is 0 Å². The lowest BCUT2D eigenvalue weighted by atomic mass is 9.98. The Morgan fingerprint density at radius 3 is 2.82 bits per heavy atom. The second-order valence-corrected chi connectivity index (χ2v) is 7.40. The summed E-state index contributed by atoms with van der Waals surface area (Å²) in [5.74, 6) is 0.983.